The van der Waals surface area contributed by atoms with Gasteiger partial charge in [-0.25, -0.2) is 4.79 Å². The van der Waals surface area contributed by atoms with Crippen LogP contribution in [0.4, 0.5) is 5.69 Å². The Hall–Kier alpha value is -2.37. The lowest BCUT2D eigenvalue weighted by Crippen LogP contribution is -2.03. The molecule has 0 saturated heterocycles. The molecule has 6 nitrogen and oxygen atoms in total. The van der Waals surface area contributed by atoms with E-state index in [1.165, 1.54) is 18.2 Å². The molecule has 0 radical (unpaired) electrons. The molecular weight excluding hydrogens is 274 g/mol. The summed E-state index contributed by atoms with van der Waals surface area (Å²) in [5.41, 5.74) is 0.347. The van der Waals surface area contributed by atoms with E-state index >= 15 is 0 Å². The minimum atomic E-state index is -0.487. The first-order chi connectivity index (χ1) is 10.0. The zero-order chi connectivity index (χ0) is 15.4. The molecule has 1 aromatic carbocycles. The molecule has 0 aliphatic rings. The van der Waals surface area contributed by atoms with E-state index in [0.29, 0.717) is 23.1 Å². The van der Waals surface area contributed by atoms with E-state index < -0.39 is 10.5 Å². The third-order valence-electron chi connectivity index (χ3n) is 3.23. The number of unbranched alkanes of at least 4 members (excludes halogenated alkanes) is 2. The van der Waals surface area contributed by atoms with Crippen LogP contribution >= 0.6 is 0 Å². The van der Waals surface area contributed by atoms with E-state index in [1.807, 2.05) is 0 Å². The standard InChI is InChI=1S/C15H17NO5/c1-3-4-5-6-20-14-9-13-11(8-12(14)16(18)19)10(2)7-15(17)21-13/h7-9H,3-6H2,1-2H3. The minimum Gasteiger partial charge on any atom is -0.487 e. The van der Waals surface area contributed by atoms with Crippen molar-refractivity contribution in [2.24, 2.45) is 0 Å². The van der Waals surface area contributed by atoms with Crippen molar-refractivity contribution >= 4 is 16.7 Å². The van der Waals surface area contributed by atoms with Gasteiger partial charge in [-0.1, -0.05) is 19.8 Å². The molecule has 21 heavy (non-hydrogen) atoms. The summed E-state index contributed by atoms with van der Waals surface area (Å²) in [6.07, 6.45) is 2.86. The Morgan fingerprint density at radius 3 is 2.71 bits per heavy atom. The molecule has 0 bridgehead atoms. The Balaban J connectivity index is 2.44. The highest BCUT2D eigenvalue weighted by molar-refractivity contribution is 5.85. The molecule has 0 fully saturated rings. The number of nitro groups is 1. The number of ether oxygens (including phenoxy) is 1. The molecule has 112 valence electrons. The first kappa shape index (κ1) is 15.0. The lowest BCUT2D eigenvalue weighted by atomic mass is 10.1. The molecule has 0 N–H and O–H groups in total. The fourth-order valence-corrected chi connectivity index (χ4v) is 2.13. The van der Waals surface area contributed by atoms with Crippen molar-refractivity contribution in [3.05, 3.63) is 44.3 Å². The molecule has 0 atom stereocenters. The van der Waals surface area contributed by atoms with Gasteiger partial charge in [-0.05, 0) is 18.9 Å². The summed E-state index contributed by atoms with van der Waals surface area (Å²) in [6, 6.07) is 4.13. The summed E-state index contributed by atoms with van der Waals surface area (Å²) in [6.45, 7) is 4.18. The normalized spacial score (nSPS) is 10.8. The summed E-state index contributed by atoms with van der Waals surface area (Å²) in [4.78, 5) is 22.1. The molecular formula is C15H17NO5. The van der Waals surface area contributed by atoms with Crippen molar-refractivity contribution in [1.29, 1.82) is 0 Å². The second kappa shape index (κ2) is 6.39. The van der Waals surface area contributed by atoms with Gasteiger partial charge in [-0.15, -0.1) is 0 Å². The van der Waals surface area contributed by atoms with Crippen LogP contribution in [-0.2, 0) is 0 Å². The summed E-state index contributed by atoms with van der Waals surface area (Å²) in [5.74, 6) is 0.136. The molecule has 0 saturated carbocycles. The van der Waals surface area contributed by atoms with E-state index in [4.69, 9.17) is 9.15 Å². The molecule has 0 spiro atoms. The van der Waals surface area contributed by atoms with Crippen LogP contribution in [0.1, 0.15) is 31.7 Å². The van der Waals surface area contributed by atoms with Crippen LogP contribution in [-0.4, -0.2) is 11.5 Å². The van der Waals surface area contributed by atoms with Gasteiger partial charge in [0.15, 0.2) is 0 Å². The van der Waals surface area contributed by atoms with Crippen molar-refractivity contribution in [2.75, 3.05) is 6.61 Å². The Morgan fingerprint density at radius 1 is 1.29 bits per heavy atom. The molecule has 2 rings (SSSR count). The Morgan fingerprint density at radius 2 is 2.05 bits per heavy atom. The second-order valence-electron chi connectivity index (χ2n) is 4.88. The predicted molar refractivity (Wildman–Crippen MR) is 78.9 cm³/mol. The van der Waals surface area contributed by atoms with Crippen LogP contribution in [0, 0.1) is 17.0 Å². The summed E-state index contributed by atoms with van der Waals surface area (Å²) < 4.78 is 10.6. The maximum atomic E-state index is 11.4. The van der Waals surface area contributed by atoms with E-state index in [9.17, 15) is 14.9 Å². The van der Waals surface area contributed by atoms with Gasteiger partial charge in [-0.2, -0.15) is 0 Å². The van der Waals surface area contributed by atoms with Gasteiger partial charge in [0.1, 0.15) is 5.58 Å². The van der Waals surface area contributed by atoms with Crippen molar-refractivity contribution in [3.8, 4) is 5.75 Å². The van der Waals surface area contributed by atoms with Crippen LogP contribution < -0.4 is 10.4 Å². The molecule has 0 aliphatic carbocycles. The van der Waals surface area contributed by atoms with Crippen molar-refractivity contribution in [1.82, 2.24) is 0 Å². The predicted octanol–water partition coefficient (Wildman–Crippen LogP) is 3.58. The number of nitrogens with zero attached hydrogens (tertiary/aromatic N) is 1. The molecule has 6 heteroatoms. The minimum absolute atomic E-state index is 0.115. The SMILES string of the molecule is CCCCCOc1cc2oc(=O)cc(C)c2cc1[N+](=O)[O-]. The number of aryl methyl sites for hydroxylation is 1. The van der Waals surface area contributed by atoms with Gasteiger partial charge in [0.05, 0.1) is 11.5 Å². The summed E-state index contributed by atoms with van der Waals surface area (Å²) in [7, 11) is 0. The summed E-state index contributed by atoms with van der Waals surface area (Å²) >= 11 is 0. The molecule has 2 aromatic rings. The number of benzene rings is 1. The van der Waals surface area contributed by atoms with E-state index in [0.717, 1.165) is 19.3 Å². The van der Waals surface area contributed by atoms with Gasteiger partial charge < -0.3 is 9.15 Å². The smallest absolute Gasteiger partial charge is 0.336 e. The van der Waals surface area contributed by atoms with Crippen LogP contribution in [0.3, 0.4) is 0 Å². The topological polar surface area (TPSA) is 82.6 Å². The van der Waals surface area contributed by atoms with E-state index in [1.54, 1.807) is 6.92 Å². The molecule has 0 aliphatic heterocycles. The Labute approximate surface area is 121 Å². The van der Waals surface area contributed by atoms with Crippen LogP contribution in [0.15, 0.2) is 27.4 Å². The highest BCUT2D eigenvalue weighted by Crippen LogP contribution is 2.33. The zero-order valence-corrected chi connectivity index (χ0v) is 12.0. The van der Waals surface area contributed by atoms with Crippen molar-refractivity contribution in [3.63, 3.8) is 0 Å². The largest absolute Gasteiger partial charge is 0.487 e. The molecule has 0 amide bonds. The highest BCUT2D eigenvalue weighted by atomic mass is 16.6. The lowest BCUT2D eigenvalue weighted by Gasteiger charge is -2.08. The van der Waals surface area contributed by atoms with Gasteiger partial charge in [0, 0.05) is 23.6 Å². The highest BCUT2D eigenvalue weighted by Gasteiger charge is 2.18. The number of fused-ring (bicyclic) bond motifs is 1. The number of hydrogen-bond donors (Lipinski definition) is 0. The average Bonchev–Trinajstić information content (AvgIpc) is 2.42. The second-order valence-corrected chi connectivity index (χ2v) is 4.88. The van der Waals surface area contributed by atoms with Gasteiger partial charge in [0.25, 0.3) is 0 Å². The average molecular weight is 291 g/mol. The zero-order valence-electron chi connectivity index (χ0n) is 12.0. The summed E-state index contributed by atoms with van der Waals surface area (Å²) in [5, 5.41) is 11.7. The maximum Gasteiger partial charge on any atom is 0.336 e. The van der Waals surface area contributed by atoms with Crippen molar-refractivity contribution < 1.29 is 14.1 Å². The monoisotopic (exact) mass is 291 g/mol. The molecule has 1 aromatic heterocycles. The van der Waals surface area contributed by atoms with Crippen molar-refractivity contribution in [2.45, 2.75) is 33.1 Å². The molecule has 1 heterocycles. The van der Waals surface area contributed by atoms with E-state index in [-0.39, 0.29) is 11.4 Å². The van der Waals surface area contributed by atoms with Crippen LogP contribution in [0.2, 0.25) is 0 Å². The third kappa shape index (κ3) is 3.39. The first-order valence-electron chi connectivity index (χ1n) is 6.88. The maximum absolute atomic E-state index is 11.4. The molecule has 0 unspecified atom stereocenters. The quantitative estimate of drug-likeness (QED) is 0.351. The number of nitro benzene ring substituents is 1. The first-order valence-corrected chi connectivity index (χ1v) is 6.88. The van der Waals surface area contributed by atoms with E-state index in [2.05, 4.69) is 6.92 Å². The number of rotatable bonds is 6. The Bertz CT molecular complexity index is 720. The van der Waals surface area contributed by atoms with Gasteiger partial charge in [-0.3, -0.25) is 10.1 Å². The van der Waals surface area contributed by atoms with Gasteiger partial charge in [0.2, 0.25) is 5.75 Å². The fourth-order valence-electron chi connectivity index (χ4n) is 2.13. The lowest BCUT2D eigenvalue weighted by molar-refractivity contribution is -0.385. The fraction of sp³-hybridized carbons (Fsp3) is 0.400. The van der Waals surface area contributed by atoms with Crippen LogP contribution in [0.25, 0.3) is 11.0 Å². The Kier molecular flexibility index (Phi) is 4.57. The third-order valence-corrected chi connectivity index (χ3v) is 3.23. The van der Waals surface area contributed by atoms with Gasteiger partial charge >= 0.3 is 11.3 Å². The van der Waals surface area contributed by atoms with Crippen LogP contribution in [0.5, 0.6) is 5.75 Å². The number of hydrogen-bond acceptors (Lipinski definition) is 5.